The Bertz CT molecular complexity index is 578. The molecule has 0 radical (unpaired) electrons. The summed E-state index contributed by atoms with van der Waals surface area (Å²) in [6.07, 6.45) is -1.35. The molecule has 0 N–H and O–H groups in total. The molecular formula is C12H9F3N2O2. The van der Waals surface area contributed by atoms with E-state index in [1.807, 2.05) is 0 Å². The van der Waals surface area contributed by atoms with Gasteiger partial charge in [-0.2, -0.15) is 5.10 Å². The molecule has 0 saturated heterocycles. The standard InChI is InChI=1S/C12H9F3N2O2/c13-12(14,15)19-11-4-2-1-3-10(11)7-17-6-9(8-18)5-16-17/h1-6,8H,7H2. The van der Waals surface area contributed by atoms with Crippen LogP contribution in [0.1, 0.15) is 15.9 Å². The lowest BCUT2D eigenvalue weighted by Crippen LogP contribution is -2.18. The maximum absolute atomic E-state index is 12.2. The van der Waals surface area contributed by atoms with Gasteiger partial charge in [0.2, 0.25) is 0 Å². The van der Waals surface area contributed by atoms with Crippen LogP contribution in [-0.2, 0) is 6.54 Å². The number of aldehydes is 1. The van der Waals surface area contributed by atoms with E-state index in [2.05, 4.69) is 9.84 Å². The molecule has 2 aromatic rings. The smallest absolute Gasteiger partial charge is 0.405 e. The highest BCUT2D eigenvalue weighted by atomic mass is 19.4. The third kappa shape index (κ3) is 3.57. The minimum absolute atomic E-state index is 0.0834. The summed E-state index contributed by atoms with van der Waals surface area (Å²) in [5, 5.41) is 3.87. The number of benzene rings is 1. The van der Waals surface area contributed by atoms with Crippen molar-refractivity contribution in [1.29, 1.82) is 0 Å². The topological polar surface area (TPSA) is 44.1 Å². The largest absolute Gasteiger partial charge is 0.573 e. The molecule has 0 saturated carbocycles. The van der Waals surface area contributed by atoms with E-state index >= 15 is 0 Å². The van der Waals surface area contributed by atoms with Gasteiger partial charge in [0.15, 0.2) is 6.29 Å². The van der Waals surface area contributed by atoms with Crippen molar-refractivity contribution in [3.8, 4) is 5.75 Å². The predicted octanol–water partition coefficient (Wildman–Crippen LogP) is 2.64. The van der Waals surface area contributed by atoms with Gasteiger partial charge in [-0.05, 0) is 6.07 Å². The van der Waals surface area contributed by atoms with Crippen molar-refractivity contribution in [3.05, 3.63) is 47.8 Å². The average molecular weight is 270 g/mol. The molecule has 4 nitrogen and oxygen atoms in total. The fraction of sp³-hybridized carbons (Fsp3) is 0.167. The van der Waals surface area contributed by atoms with Gasteiger partial charge >= 0.3 is 6.36 Å². The molecule has 1 heterocycles. The highest BCUT2D eigenvalue weighted by molar-refractivity contribution is 5.73. The van der Waals surface area contributed by atoms with Crippen LogP contribution in [0, 0.1) is 0 Å². The van der Waals surface area contributed by atoms with Crippen LogP contribution in [0.5, 0.6) is 5.75 Å². The second-order valence-corrected chi connectivity index (χ2v) is 3.74. The molecule has 0 aliphatic carbocycles. The summed E-state index contributed by atoms with van der Waals surface area (Å²) < 4.78 is 42.0. The van der Waals surface area contributed by atoms with Crippen molar-refractivity contribution in [3.63, 3.8) is 0 Å². The average Bonchev–Trinajstić information content (AvgIpc) is 2.78. The van der Waals surface area contributed by atoms with Gasteiger partial charge in [0, 0.05) is 11.8 Å². The number of rotatable bonds is 4. The van der Waals surface area contributed by atoms with Gasteiger partial charge in [0.05, 0.1) is 18.3 Å². The molecule has 0 aliphatic heterocycles. The molecule has 100 valence electrons. The zero-order valence-electron chi connectivity index (χ0n) is 9.59. The van der Waals surface area contributed by atoms with Crippen molar-refractivity contribution >= 4 is 6.29 Å². The molecule has 0 unspecified atom stereocenters. The molecule has 19 heavy (non-hydrogen) atoms. The van der Waals surface area contributed by atoms with E-state index in [9.17, 15) is 18.0 Å². The fourth-order valence-electron chi connectivity index (χ4n) is 1.56. The van der Waals surface area contributed by atoms with Crippen molar-refractivity contribution in [2.24, 2.45) is 0 Å². The summed E-state index contributed by atoms with van der Waals surface area (Å²) in [5.74, 6) is -0.279. The summed E-state index contributed by atoms with van der Waals surface area (Å²) in [6, 6.07) is 5.78. The normalized spacial score (nSPS) is 11.3. The van der Waals surface area contributed by atoms with Crippen molar-refractivity contribution in [1.82, 2.24) is 9.78 Å². The molecule has 0 amide bonds. The van der Waals surface area contributed by atoms with Crippen molar-refractivity contribution in [2.45, 2.75) is 12.9 Å². The molecular weight excluding hydrogens is 261 g/mol. The molecule has 0 atom stereocenters. The quantitative estimate of drug-likeness (QED) is 0.802. The zero-order valence-corrected chi connectivity index (χ0v) is 9.59. The molecule has 0 aliphatic rings. The second-order valence-electron chi connectivity index (χ2n) is 3.74. The minimum atomic E-state index is -4.74. The van der Waals surface area contributed by atoms with Crippen LogP contribution in [0.15, 0.2) is 36.7 Å². The third-order valence-corrected chi connectivity index (χ3v) is 2.32. The van der Waals surface area contributed by atoms with Crippen LogP contribution in [-0.4, -0.2) is 22.4 Å². The maximum Gasteiger partial charge on any atom is 0.573 e. The van der Waals surface area contributed by atoms with Gasteiger partial charge in [-0.15, -0.1) is 13.2 Å². The van der Waals surface area contributed by atoms with Gasteiger partial charge in [0.1, 0.15) is 5.75 Å². The summed E-state index contributed by atoms with van der Waals surface area (Å²) in [6.45, 7) is 0.0834. The van der Waals surface area contributed by atoms with Gasteiger partial charge in [-0.1, -0.05) is 18.2 Å². The van der Waals surface area contributed by atoms with Crippen LogP contribution < -0.4 is 4.74 Å². The van der Waals surface area contributed by atoms with Crippen LogP contribution in [0.4, 0.5) is 13.2 Å². The Hall–Kier alpha value is -2.31. The number of ether oxygens (including phenoxy) is 1. The summed E-state index contributed by atoms with van der Waals surface area (Å²) in [5.41, 5.74) is 0.676. The van der Waals surface area contributed by atoms with E-state index in [1.54, 1.807) is 6.07 Å². The monoisotopic (exact) mass is 270 g/mol. The van der Waals surface area contributed by atoms with E-state index in [4.69, 9.17) is 0 Å². The first-order valence-electron chi connectivity index (χ1n) is 5.29. The highest BCUT2D eigenvalue weighted by Gasteiger charge is 2.31. The first-order chi connectivity index (χ1) is 8.98. The SMILES string of the molecule is O=Cc1cnn(Cc2ccccc2OC(F)(F)F)c1. The summed E-state index contributed by atoms with van der Waals surface area (Å²) in [7, 11) is 0. The van der Waals surface area contributed by atoms with Gasteiger partial charge < -0.3 is 4.74 Å². The number of nitrogens with zero attached hydrogens (tertiary/aromatic N) is 2. The molecule has 7 heteroatoms. The molecule has 2 rings (SSSR count). The van der Waals surface area contributed by atoms with E-state index < -0.39 is 6.36 Å². The number of alkyl halides is 3. The van der Waals surface area contributed by atoms with Crippen LogP contribution in [0.25, 0.3) is 0 Å². The number of carbonyl (C=O) groups is 1. The Morgan fingerprint density at radius 1 is 1.32 bits per heavy atom. The lowest BCUT2D eigenvalue weighted by atomic mass is 10.2. The Morgan fingerprint density at radius 2 is 2.05 bits per heavy atom. The Balaban J connectivity index is 2.22. The maximum atomic E-state index is 12.2. The number of halogens is 3. The van der Waals surface area contributed by atoms with Crippen LogP contribution in [0.3, 0.4) is 0 Å². The molecule has 1 aromatic heterocycles. The summed E-state index contributed by atoms with van der Waals surface area (Å²) in [4.78, 5) is 10.5. The summed E-state index contributed by atoms with van der Waals surface area (Å²) >= 11 is 0. The van der Waals surface area contributed by atoms with Gasteiger partial charge in [-0.25, -0.2) is 0 Å². The number of carbonyl (C=O) groups excluding carboxylic acids is 1. The zero-order chi connectivity index (χ0) is 13.9. The van der Waals surface area contributed by atoms with Crippen LogP contribution in [0.2, 0.25) is 0 Å². The van der Waals surface area contributed by atoms with Crippen LogP contribution >= 0.6 is 0 Å². The number of aromatic nitrogens is 2. The first-order valence-corrected chi connectivity index (χ1v) is 5.29. The Labute approximate surface area is 106 Å². The second kappa shape index (κ2) is 5.13. The predicted molar refractivity (Wildman–Crippen MR) is 59.8 cm³/mol. The van der Waals surface area contributed by atoms with E-state index in [-0.39, 0.29) is 12.3 Å². The minimum Gasteiger partial charge on any atom is -0.405 e. The van der Waals surface area contributed by atoms with E-state index in [0.29, 0.717) is 17.4 Å². The van der Waals surface area contributed by atoms with E-state index in [0.717, 1.165) is 0 Å². The fourth-order valence-corrected chi connectivity index (χ4v) is 1.56. The van der Waals surface area contributed by atoms with Crippen molar-refractivity contribution < 1.29 is 22.7 Å². The first kappa shape index (κ1) is 13.1. The Kier molecular flexibility index (Phi) is 3.55. The van der Waals surface area contributed by atoms with E-state index in [1.165, 1.54) is 35.3 Å². The number of para-hydroxylation sites is 1. The lowest BCUT2D eigenvalue weighted by Gasteiger charge is -2.13. The van der Waals surface area contributed by atoms with Gasteiger partial charge in [0.25, 0.3) is 0 Å². The highest BCUT2D eigenvalue weighted by Crippen LogP contribution is 2.26. The number of hydrogen-bond acceptors (Lipinski definition) is 3. The Morgan fingerprint density at radius 3 is 2.68 bits per heavy atom. The molecule has 0 bridgehead atoms. The molecule has 0 spiro atoms. The third-order valence-electron chi connectivity index (χ3n) is 2.32. The van der Waals surface area contributed by atoms with Crippen molar-refractivity contribution in [2.75, 3.05) is 0 Å². The lowest BCUT2D eigenvalue weighted by molar-refractivity contribution is -0.274. The van der Waals surface area contributed by atoms with Gasteiger partial charge in [-0.3, -0.25) is 9.48 Å². The number of hydrogen-bond donors (Lipinski definition) is 0. The molecule has 1 aromatic carbocycles. The molecule has 0 fully saturated rings.